The first-order chi connectivity index (χ1) is 9.74. The van der Waals surface area contributed by atoms with Crippen molar-refractivity contribution >= 4 is 23.2 Å². The van der Waals surface area contributed by atoms with Crippen LogP contribution in [-0.2, 0) is 0 Å². The molecule has 1 fully saturated rings. The molecule has 6 heteroatoms. The number of piperazine rings is 1. The zero-order valence-corrected chi connectivity index (χ0v) is 11.6. The fraction of sp³-hybridized carbons (Fsp3) is 0.286. The van der Waals surface area contributed by atoms with E-state index in [4.69, 9.17) is 16.1 Å². The van der Waals surface area contributed by atoms with Gasteiger partial charge in [0.25, 0.3) is 5.91 Å². The number of hydrogen-bond acceptors (Lipinski definition) is 4. The van der Waals surface area contributed by atoms with Crippen LogP contribution < -0.4 is 4.90 Å². The van der Waals surface area contributed by atoms with Gasteiger partial charge in [-0.2, -0.15) is 0 Å². The molecule has 0 unspecified atom stereocenters. The first kappa shape index (κ1) is 13.0. The van der Waals surface area contributed by atoms with Crippen LogP contribution in [0.2, 0.25) is 5.02 Å². The van der Waals surface area contributed by atoms with Crippen molar-refractivity contribution in [3.05, 3.63) is 47.3 Å². The maximum absolute atomic E-state index is 12.1. The van der Waals surface area contributed by atoms with Crippen molar-refractivity contribution in [2.75, 3.05) is 31.1 Å². The van der Waals surface area contributed by atoms with Crippen LogP contribution in [0.25, 0.3) is 0 Å². The lowest BCUT2D eigenvalue weighted by molar-refractivity contribution is 0.0705. The summed E-state index contributed by atoms with van der Waals surface area (Å²) < 4.78 is 4.90. The molecule has 0 saturated carbocycles. The molecule has 20 heavy (non-hydrogen) atoms. The van der Waals surface area contributed by atoms with E-state index in [1.807, 2.05) is 24.3 Å². The summed E-state index contributed by atoms with van der Waals surface area (Å²) in [5, 5.41) is 4.29. The highest BCUT2D eigenvalue weighted by Crippen LogP contribution is 2.21. The third kappa shape index (κ3) is 2.63. The Morgan fingerprint density at radius 2 is 2.00 bits per heavy atom. The molecule has 1 amide bonds. The summed E-state index contributed by atoms with van der Waals surface area (Å²) in [6, 6.07) is 9.35. The van der Waals surface area contributed by atoms with Gasteiger partial charge in [0.15, 0.2) is 0 Å². The second kappa shape index (κ2) is 5.54. The second-order valence-electron chi connectivity index (χ2n) is 4.64. The minimum Gasteiger partial charge on any atom is -0.368 e. The van der Waals surface area contributed by atoms with Gasteiger partial charge >= 0.3 is 0 Å². The lowest BCUT2D eigenvalue weighted by atomic mass is 10.2. The van der Waals surface area contributed by atoms with Crippen molar-refractivity contribution in [3.63, 3.8) is 0 Å². The molecule has 0 radical (unpaired) electrons. The van der Waals surface area contributed by atoms with E-state index in [1.165, 1.54) is 6.20 Å². The topological polar surface area (TPSA) is 49.6 Å². The van der Waals surface area contributed by atoms with Crippen molar-refractivity contribution in [2.24, 2.45) is 0 Å². The van der Waals surface area contributed by atoms with Crippen molar-refractivity contribution in [1.82, 2.24) is 10.1 Å². The zero-order valence-electron chi connectivity index (χ0n) is 10.8. The zero-order chi connectivity index (χ0) is 13.9. The standard InChI is InChI=1S/C14H14ClN3O2/c15-11-2-1-3-12(10-11)17-6-8-18(9-7-17)14(19)13-4-5-16-20-13/h1-5,10H,6-9H2. The van der Waals surface area contributed by atoms with Gasteiger partial charge in [0, 0.05) is 43.0 Å². The number of anilines is 1. The number of amides is 1. The summed E-state index contributed by atoms with van der Waals surface area (Å²) in [6.07, 6.45) is 1.48. The highest BCUT2D eigenvalue weighted by atomic mass is 35.5. The van der Waals surface area contributed by atoms with Gasteiger partial charge in [-0.3, -0.25) is 4.79 Å². The van der Waals surface area contributed by atoms with E-state index in [0.29, 0.717) is 18.8 Å². The quantitative estimate of drug-likeness (QED) is 0.852. The third-order valence-electron chi connectivity index (χ3n) is 3.39. The number of carbonyl (C=O) groups excluding carboxylic acids is 1. The minimum absolute atomic E-state index is 0.103. The van der Waals surface area contributed by atoms with Crippen LogP contribution in [0.15, 0.2) is 41.1 Å². The fourth-order valence-electron chi connectivity index (χ4n) is 2.32. The molecule has 1 saturated heterocycles. The highest BCUT2D eigenvalue weighted by molar-refractivity contribution is 6.30. The summed E-state index contributed by atoms with van der Waals surface area (Å²) in [5.74, 6) is 0.189. The molecule has 0 bridgehead atoms. The van der Waals surface area contributed by atoms with E-state index in [9.17, 15) is 4.79 Å². The Labute approximate surface area is 121 Å². The Balaban J connectivity index is 1.64. The van der Waals surface area contributed by atoms with Crippen molar-refractivity contribution in [1.29, 1.82) is 0 Å². The van der Waals surface area contributed by atoms with E-state index in [0.717, 1.165) is 23.8 Å². The maximum Gasteiger partial charge on any atom is 0.292 e. The fourth-order valence-corrected chi connectivity index (χ4v) is 2.51. The number of carbonyl (C=O) groups is 1. The Hall–Kier alpha value is -2.01. The monoisotopic (exact) mass is 291 g/mol. The SMILES string of the molecule is O=C(c1ccno1)N1CCN(c2cccc(Cl)c2)CC1. The smallest absolute Gasteiger partial charge is 0.292 e. The molecule has 2 aromatic rings. The van der Waals surface area contributed by atoms with E-state index in [2.05, 4.69) is 10.1 Å². The van der Waals surface area contributed by atoms with Crippen molar-refractivity contribution in [3.8, 4) is 0 Å². The summed E-state index contributed by atoms with van der Waals surface area (Å²) in [7, 11) is 0. The molecule has 0 N–H and O–H groups in total. The third-order valence-corrected chi connectivity index (χ3v) is 3.62. The first-order valence-corrected chi connectivity index (χ1v) is 6.82. The van der Waals surface area contributed by atoms with Gasteiger partial charge < -0.3 is 14.3 Å². The Morgan fingerprint density at radius 1 is 1.20 bits per heavy atom. The molecule has 3 rings (SSSR count). The van der Waals surface area contributed by atoms with E-state index in [1.54, 1.807) is 11.0 Å². The number of nitrogens with zero attached hydrogens (tertiary/aromatic N) is 3. The van der Waals surface area contributed by atoms with E-state index >= 15 is 0 Å². The molecule has 1 aliphatic heterocycles. The molecule has 1 aromatic carbocycles. The van der Waals surface area contributed by atoms with Crippen LogP contribution in [0.5, 0.6) is 0 Å². The van der Waals surface area contributed by atoms with Crippen LogP contribution in [0.3, 0.4) is 0 Å². The molecule has 0 atom stereocenters. The predicted octanol–water partition coefficient (Wildman–Crippen LogP) is 2.29. The summed E-state index contributed by atoms with van der Waals surface area (Å²) in [6.45, 7) is 2.87. The number of rotatable bonds is 2. The molecule has 104 valence electrons. The Morgan fingerprint density at radius 3 is 2.65 bits per heavy atom. The summed E-state index contributed by atoms with van der Waals surface area (Å²) >= 11 is 6.00. The molecular formula is C14H14ClN3O2. The van der Waals surface area contributed by atoms with Crippen LogP contribution in [0.1, 0.15) is 10.6 Å². The van der Waals surface area contributed by atoms with Crippen molar-refractivity contribution < 1.29 is 9.32 Å². The van der Waals surface area contributed by atoms with Crippen LogP contribution in [-0.4, -0.2) is 42.1 Å². The minimum atomic E-state index is -0.103. The Kier molecular flexibility index (Phi) is 3.60. The average molecular weight is 292 g/mol. The predicted molar refractivity (Wildman–Crippen MR) is 76.1 cm³/mol. The number of hydrogen-bond donors (Lipinski definition) is 0. The lowest BCUT2D eigenvalue weighted by Crippen LogP contribution is -2.48. The van der Waals surface area contributed by atoms with Gasteiger partial charge in [-0.15, -0.1) is 0 Å². The molecule has 5 nitrogen and oxygen atoms in total. The van der Waals surface area contributed by atoms with Crippen LogP contribution in [0, 0.1) is 0 Å². The van der Waals surface area contributed by atoms with Gasteiger partial charge in [0.2, 0.25) is 5.76 Å². The molecule has 1 aromatic heterocycles. The average Bonchev–Trinajstić information content (AvgIpc) is 3.01. The van der Waals surface area contributed by atoms with Crippen LogP contribution in [0.4, 0.5) is 5.69 Å². The van der Waals surface area contributed by atoms with Crippen molar-refractivity contribution in [2.45, 2.75) is 0 Å². The normalized spacial score (nSPS) is 15.4. The summed E-state index contributed by atoms with van der Waals surface area (Å²) in [5.41, 5.74) is 1.09. The van der Waals surface area contributed by atoms with Crippen LogP contribution >= 0.6 is 11.6 Å². The molecule has 0 aliphatic carbocycles. The number of aromatic nitrogens is 1. The van der Waals surface area contributed by atoms with Gasteiger partial charge in [0.05, 0.1) is 6.20 Å². The largest absolute Gasteiger partial charge is 0.368 e. The maximum atomic E-state index is 12.1. The molecule has 1 aliphatic rings. The Bertz CT molecular complexity index is 592. The van der Waals surface area contributed by atoms with Gasteiger partial charge in [-0.1, -0.05) is 22.8 Å². The molecule has 0 spiro atoms. The molecular weight excluding hydrogens is 278 g/mol. The first-order valence-electron chi connectivity index (χ1n) is 6.44. The van der Waals surface area contributed by atoms with E-state index < -0.39 is 0 Å². The van der Waals surface area contributed by atoms with Gasteiger partial charge in [0.1, 0.15) is 0 Å². The summed E-state index contributed by atoms with van der Waals surface area (Å²) in [4.78, 5) is 16.1. The number of benzene rings is 1. The number of halogens is 1. The molecule has 2 heterocycles. The lowest BCUT2D eigenvalue weighted by Gasteiger charge is -2.35. The highest BCUT2D eigenvalue weighted by Gasteiger charge is 2.24. The van der Waals surface area contributed by atoms with E-state index in [-0.39, 0.29) is 5.91 Å². The van der Waals surface area contributed by atoms with Gasteiger partial charge in [-0.05, 0) is 18.2 Å². The van der Waals surface area contributed by atoms with Gasteiger partial charge in [-0.25, -0.2) is 0 Å². The second-order valence-corrected chi connectivity index (χ2v) is 5.07.